The number of aromatic nitrogens is 5. The second kappa shape index (κ2) is 12.7. The molecule has 0 N–H and O–H groups in total. The zero-order chi connectivity index (χ0) is 35.0. The molecule has 0 saturated heterocycles. The zero-order valence-corrected chi connectivity index (χ0v) is 33.0. The van der Waals surface area contributed by atoms with E-state index >= 15 is 0 Å². The van der Waals surface area contributed by atoms with Gasteiger partial charge in [0.1, 0.15) is 31.9 Å². The fraction of sp³-hybridized carbons (Fsp3) is 0.205. The molecular formula is C39H33N7S5. The van der Waals surface area contributed by atoms with Gasteiger partial charge < -0.3 is 9.80 Å². The van der Waals surface area contributed by atoms with E-state index in [4.69, 9.17) is 23.7 Å². The summed E-state index contributed by atoms with van der Waals surface area (Å²) < 4.78 is 13.5. The highest BCUT2D eigenvalue weighted by molar-refractivity contribution is 7.31. The molecule has 6 aromatic heterocycles. The van der Waals surface area contributed by atoms with Gasteiger partial charge in [-0.25, -0.2) is 15.0 Å². The van der Waals surface area contributed by atoms with E-state index in [1.165, 1.54) is 53.4 Å². The summed E-state index contributed by atoms with van der Waals surface area (Å²) in [6, 6.07) is 24.4. The molecule has 0 aliphatic carbocycles. The van der Waals surface area contributed by atoms with Gasteiger partial charge in [-0.15, -0.1) is 45.3 Å². The van der Waals surface area contributed by atoms with Crippen molar-refractivity contribution >= 4 is 109 Å². The first kappa shape index (κ1) is 32.6. The minimum Gasteiger partial charge on any atom is -0.378 e. The third-order valence-electron chi connectivity index (χ3n) is 9.25. The number of fused-ring (bicyclic) bond motifs is 4. The number of aryl methyl sites for hydroxylation is 2. The molecule has 3 aromatic carbocycles. The molecule has 0 fully saturated rings. The van der Waals surface area contributed by atoms with E-state index in [0.717, 1.165) is 76.8 Å². The Balaban J connectivity index is 1.19. The molecule has 9 rings (SSSR count). The number of nitrogens with zero attached hydrogens (tertiary/aromatic N) is 7. The van der Waals surface area contributed by atoms with Crippen molar-refractivity contribution in [3.05, 3.63) is 78.1 Å². The maximum Gasteiger partial charge on any atom is 0.135 e. The van der Waals surface area contributed by atoms with Gasteiger partial charge in [0.05, 0.1) is 33.4 Å². The molecule has 12 heteroatoms. The molecule has 0 atom stereocenters. The summed E-state index contributed by atoms with van der Waals surface area (Å²) in [6.45, 7) is 4.32. The predicted octanol–water partition coefficient (Wildman–Crippen LogP) is 11.5. The van der Waals surface area contributed by atoms with Crippen LogP contribution in [0.2, 0.25) is 0 Å². The highest BCUT2D eigenvalue weighted by atomic mass is 32.1. The number of thiazole rings is 1. The van der Waals surface area contributed by atoms with Gasteiger partial charge in [-0.2, -0.15) is 8.75 Å². The average Bonchev–Trinajstić information content (AvgIpc) is 3.97. The lowest BCUT2D eigenvalue weighted by molar-refractivity contribution is 0.931. The molecule has 0 spiro atoms. The standard InChI is InChI=1S/C39H33N7S5/c1-7-24-25(8-2)41-35-33(39-42-38-31(50-39)18-27(49-38)21-11-15-23(16-12-21)46(5)6)37-36(43-51-44-37)32(34(35)40-24)30-19-29-28(48-30)17-26(47-29)20-9-13-22(14-10-20)45(3)4/h9-19H,7-8H2,1-6H3. The number of thiophene rings is 3. The number of benzene rings is 3. The SMILES string of the molecule is CCc1nc2c(-c3cc4sc(-c5ccc(N(C)C)cc5)cc4s3)c3nsnc3c(-c3nc4sc(-c5ccc(N(C)C)cc5)cc4s3)c2nc1CC. The van der Waals surface area contributed by atoms with Gasteiger partial charge in [-0.1, -0.05) is 38.1 Å². The molecule has 0 amide bonds. The summed E-state index contributed by atoms with van der Waals surface area (Å²) >= 11 is 8.30. The Bertz CT molecular complexity index is 2480. The molecule has 254 valence electrons. The van der Waals surface area contributed by atoms with E-state index in [2.05, 4.69) is 119 Å². The number of hydrogen-bond donors (Lipinski definition) is 0. The van der Waals surface area contributed by atoms with Crippen LogP contribution in [-0.4, -0.2) is 51.9 Å². The Morgan fingerprint density at radius 3 is 1.55 bits per heavy atom. The third kappa shape index (κ3) is 5.51. The van der Waals surface area contributed by atoms with Crippen molar-refractivity contribution in [3.8, 4) is 41.9 Å². The van der Waals surface area contributed by atoms with Crippen LogP contribution in [0.1, 0.15) is 25.2 Å². The van der Waals surface area contributed by atoms with Crippen LogP contribution in [0, 0.1) is 0 Å². The predicted molar refractivity (Wildman–Crippen MR) is 224 cm³/mol. The van der Waals surface area contributed by atoms with Gasteiger partial charge >= 0.3 is 0 Å². The van der Waals surface area contributed by atoms with Crippen molar-refractivity contribution in [2.75, 3.05) is 38.0 Å². The number of anilines is 2. The Morgan fingerprint density at radius 2 is 1.00 bits per heavy atom. The molecule has 0 saturated carbocycles. The van der Waals surface area contributed by atoms with Crippen molar-refractivity contribution < 1.29 is 0 Å². The normalized spacial score (nSPS) is 11.9. The van der Waals surface area contributed by atoms with Crippen molar-refractivity contribution in [1.29, 1.82) is 0 Å². The molecule has 9 aromatic rings. The molecule has 6 heterocycles. The number of hydrogen-bond acceptors (Lipinski definition) is 12. The topological polar surface area (TPSA) is 70.9 Å². The van der Waals surface area contributed by atoms with Gasteiger partial charge in [0, 0.05) is 69.2 Å². The van der Waals surface area contributed by atoms with Crippen LogP contribution < -0.4 is 9.80 Å². The second-order valence-corrected chi connectivity index (χ2v) is 17.6. The van der Waals surface area contributed by atoms with Crippen LogP contribution in [0.5, 0.6) is 0 Å². The first-order chi connectivity index (χ1) is 24.8. The van der Waals surface area contributed by atoms with Crippen molar-refractivity contribution in [2.24, 2.45) is 0 Å². The van der Waals surface area contributed by atoms with Gasteiger partial charge in [0.25, 0.3) is 0 Å². The highest BCUT2D eigenvalue weighted by Gasteiger charge is 2.27. The second-order valence-electron chi connectivity index (χ2n) is 12.9. The summed E-state index contributed by atoms with van der Waals surface area (Å²) in [4.78, 5) is 24.9. The van der Waals surface area contributed by atoms with Crippen LogP contribution in [0.15, 0.2) is 66.7 Å². The Morgan fingerprint density at radius 1 is 0.510 bits per heavy atom. The quantitative estimate of drug-likeness (QED) is 0.153. The Hall–Kier alpha value is -4.33. The fourth-order valence-electron chi connectivity index (χ4n) is 6.53. The van der Waals surface area contributed by atoms with Crippen LogP contribution in [0.3, 0.4) is 0 Å². The molecule has 0 aliphatic rings. The van der Waals surface area contributed by atoms with Crippen LogP contribution in [0.4, 0.5) is 11.4 Å². The summed E-state index contributed by atoms with van der Waals surface area (Å²) in [5.74, 6) is 0. The average molecular weight is 760 g/mol. The van der Waals surface area contributed by atoms with E-state index in [-0.39, 0.29) is 0 Å². The molecule has 0 bridgehead atoms. The fourth-order valence-corrected chi connectivity index (χ4v) is 11.8. The molecule has 0 unspecified atom stereocenters. The summed E-state index contributed by atoms with van der Waals surface area (Å²) in [7, 11) is 8.27. The minimum absolute atomic E-state index is 0.810. The minimum atomic E-state index is 0.810. The molecule has 0 radical (unpaired) electrons. The van der Waals surface area contributed by atoms with Gasteiger partial charge in [0.15, 0.2) is 0 Å². The van der Waals surface area contributed by atoms with Gasteiger partial charge in [0.2, 0.25) is 0 Å². The smallest absolute Gasteiger partial charge is 0.135 e. The van der Waals surface area contributed by atoms with Crippen LogP contribution in [-0.2, 0) is 12.8 Å². The van der Waals surface area contributed by atoms with Crippen molar-refractivity contribution in [2.45, 2.75) is 26.7 Å². The lowest BCUT2D eigenvalue weighted by Crippen LogP contribution is -2.07. The van der Waals surface area contributed by atoms with Gasteiger partial charge in [-0.05, 0) is 66.4 Å². The van der Waals surface area contributed by atoms with E-state index in [9.17, 15) is 0 Å². The monoisotopic (exact) mass is 759 g/mol. The first-order valence-corrected chi connectivity index (χ1v) is 20.8. The summed E-state index contributed by atoms with van der Waals surface area (Å²) in [6.07, 6.45) is 1.62. The maximum atomic E-state index is 5.37. The summed E-state index contributed by atoms with van der Waals surface area (Å²) in [5, 5.41) is 0.915. The molecular weight excluding hydrogens is 727 g/mol. The lowest BCUT2D eigenvalue weighted by atomic mass is 10.0. The maximum absolute atomic E-state index is 5.37. The Labute approximate surface area is 315 Å². The van der Waals surface area contributed by atoms with Crippen LogP contribution >= 0.6 is 57.1 Å². The largest absolute Gasteiger partial charge is 0.378 e. The summed E-state index contributed by atoms with van der Waals surface area (Å²) in [5.41, 5.74) is 12.3. The van der Waals surface area contributed by atoms with E-state index in [1.807, 2.05) is 11.3 Å². The first-order valence-electron chi connectivity index (χ1n) is 16.8. The van der Waals surface area contributed by atoms with Crippen LogP contribution in [0.25, 0.3) is 82.9 Å². The highest BCUT2D eigenvalue weighted by Crippen LogP contribution is 2.49. The van der Waals surface area contributed by atoms with Crippen molar-refractivity contribution in [3.63, 3.8) is 0 Å². The molecule has 0 aliphatic heterocycles. The number of rotatable bonds is 8. The van der Waals surface area contributed by atoms with Gasteiger partial charge in [-0.3, -0.25) is 0 Å². The third-order valence-corrected chi connectivity index (χ3v) is 14.4. The molecule has 7 nitrogen and oxygen atoms in total. The van der Waals surface area contributed by atoms with Crippen molar-refractivity contribution in [1.82, 2.24) is 23.7 Å². The Kier molecular flexibility index (Phi) is 8.12. The van der Waals surface area contributed by atoms with E-state index in [1.54, 1.807) is 34.0 Å². The lowest BCUT2D eigenvalue weighted by Gasteiger charge is -2.13. The zero-order valence-electron chi connectivity index (χ0n) is 28.9. The van der Waals surface area contributed by atoms with E-state index in [0.29, 0.717) is 0 Å². The molecule has 51 heavy (non-hydrogen) atoms. The van der Waals surface area contributed by atoms with E-state index < -0.39 is 0 Å².